The molecule has 1 atom stereocenters. The zero-order valence-corrected chi connectivity index (χ0v) is 14.4. The molecule has 2 heteroatoms. The summed E-state index contributed by atoms with van der Waals surface area (Å²) in [6.07, 6.45) is 17.7. The molecule has 1 aliphatic rings. The largest absolute Gasteiger partial charge is 0.508 e. The standard InChI is InChI=1S/C15H20O.C3H5I/c1-3-5-6-7-9-14-12-13(8-4-2)10-11-15(14)16;1-2-3-4/h3-4,7,9,11-13,16H,1-2,5-6,8,10H2;2-3H,1H3/b9-7+;3-2+. The lowest BCUT2D eigenvalue weighted by Gasteiger charge is -2.15. The van der Waals surface area contributed by atoms with E-state index in [0.717, 1.165) is 31.3 Å². The highest BCUT2D eigenvalue weighted by Gasteiger charge is 2.11. The van der Waals surface area contributed by atoms with Crippen LogP contribution in [0.5, 0.6) is 0 Å². The first-order chi connectivity index (χ1) is 9.69. The molecule has 1 aliphatic carbocycles. The summed E-state index contributed by atoms with van der Waals surface area (Å²) in [6.45, 7) is 9.41. The van der Waals surface area contributed by atoms with E-state index < -0.39 is 0 Å². The summed E-state index contributed by atoms with van der Waals surface area (Å²) in [4.78, 5) is 0. The smallest absolute Gasteiger partial charge is 0.118 e. The molecule has 0 aromatic carbocycles. The number of allylic oxidation sites excluding steroid dienone is 7. The summed E-state index contributed by atoms with van der Waals surface area (Å²) in [5.41, 5.74) is 0.933. The van der Waals surface area contributed by atoms with Gasteiger partial charge in [0.1, 0.15) is 5.76 Å². The summed E-state index contributed by atoms with van der Waals surface area (Å²) in [6, 6.07) is 0. The van der Waals surface area contributed by atoms with Gasteiger partial charge in [-0.3, -0.25) is 0 Å². The molecule has 1 N–H and O–H groups in total. The van der Waals surface area contributed by atoms with Gasteiger partial charge in [0.25, 0.3) is 0 Å². The zero-order valence-electron chi connectivity index (χ0n) is 12.3. The number of halogens is 1. The second-order valence-electron chi connectivity index (χ2n) is 4.46. The fourth-order valence-electron chi connectivity index (χ4n) is 1.73. The van der Waals surface area contributed by atoms with Crippen molar-refractivity contribution in [1.29, 1.82) is 0 Å². The highest BCUT2D eigenvalue weighted by Crippen LogP contribution is 2.24. The molecule has 0 aromatic heterocycles. The zero-order chi connectivity index (χ0) is 15.2. The number of hydrogen-bond acceptors (Lipinski definition) is 1. The van der Waals surface area contributed by atoms with Crippen molar-refractivity contribution in [3.8, 4) is 0 Å². The Hall–Kier alpha value is -1.03. The van der Waals surface area contributed by atoms with Crippen molar-refractivity contribution in [2.75, 3.05) is 0 Å². The lowest BCUT2D eigenvalue weighted by Crippen LogP contribution is -2.02. The van der Waals surface area contributed by atoms with E-state index in [0.29, 0.717) is 11.7 Å². The molecule has 1 nitrogen and oxygen atoms in total. The Morgan fingerprint density at radius 1 is 1.35 bits per heavy atom. The Balaban J connectivity index is 0.000000796. The fraction of sp³-hybridized carbons (Fsp3) is 0.333. The Morgan fingerprint density at radius 2 is 2.05 bits per heavy atom. The van der Waals surface area contributed by atoms with Crippen LogP contribution in [0.25, 0.3) is 0 Å². The van der Waals surface area contributed by atoms with Gasteiger partial charge in [0.05, 0.1) is 0 Å². The van der Waals surface area contributed by atoms with Crippen molar-refractivity contribution in [1.82, 2.24) is 0 Å². The topological polar surface area (TPSA) is 20.2 Å². The predicted octanol–water partition coefficient (Wildman–Crippen LogP) is 6.43. The van der Waals surface area contributed by atoms with Gasteiger partial charge >= 0.3 is 0 Å². The van der Waals surface area contributed by atoms with E-state index in [-0.39, 0.29) is 0 Å². The Labute approximate surface area is 137 Å². The van der Waals surface area contributed by atoms with E-state index in [1.807, 2.05) is 41.4 Å². The third-order valence-electron chi connectivity index (χ3n) is 2.76. The molecule has 0 aromatic rings. The lowest BCUT2D eigenvalue weighted by atomic mass is 9.92. The summed E-state index contributed by atoms with van der Waals surface area (Å²) >= 11 is 2.17. The van der Waals surface area contributed by atoms with E-state index in [2.05, 4.69) is 47.9 Å². The molecular weight excluding hydrogens is 359 g/mol. The van der Waals surface area contributed by atoms with E-state index in [9.17, 15) is 5.11 Å². The quantitative estimate of drug-likeness (QED) is 0.318. The highest BCUT2D eigenvalue weighted by atomic mass is 127. The second-order valence-corrected chi connectivity index (χ2v) is 5.18. The van der Waals surface area contributed by atoms with Crippen molar-refractivity contribution >= 4 is 22.6 Å². The molecule has 0 fully saturated rings. The van der Waals surface area contributed by atoms with Gasteiger partial charge in [-0.05, 0) is 48.7 Å². The van der Waals surface area contributed by atoms with E-state index >= 15 is 0 Å². The van der Waals surface area contributed by atoms with Crippen molar-refractivity contribution in [3.05, 3.63) is 71.1 Å². The molecular formula is C18H25IO. The maximum atomic E-state index is 9.71. The average molecular weight is 384 g/mol. The minimum atomic E-state index is 0.398. The van der Waals surface area contributed by atoms with Crippen LogP contribution in [-0.4, -0.2) is 5.11 Å². The summed E-state index contributed by atoms with van der Waals surface area (Å²) in [5, 5.41) is 9.71. The summed E-state index contributed by atoms with van der Waals surface area (Å²) in [5.74, 6) is 0.877. The SMILES string of the molecule is C/C=C/I.C=CCC/C=C/C1=CC(CC=C)CC=C1O. The van der Waals surface area contributed by atoms with Gasteiger partial charge in [-0.2, -0.15) is 0 Å². The van der Waals surface area contributed by atoms with Crippen molar-refractivity contribution in [2.45, 2.75) is 32.6 Å². The molecule has 1 rings (SSSR count). The maximum absolute atomic E-state index is 9.71. The minimum absolute atomic E-state index is 0.398. The van der Waals surface area contributed by atoms with Gasteiger partial charge < -0.3 is 5.11 Å². The Bertz CT molecular complexity index is 396. The number of rotatable bonds is 6. The number of aliphatic hydroxyl groups excluding tert-OH is 1. The van der Waals surface area contributed by atoms with Crippen molar-refractivity contribution < 1.29 is 5.11 Å². The van der Waals surface area contributed by atoms with Gasteiger partial charge in [0.2, 0.25) is 0 Å². The molecule has 0 aliphatic heterocycles. The Morgan fingerprint density at radius 3 is 2.60 bits per heavy atom. The fourth-order valence-corrected chi connectivity index (χ4v) is 1.73. The molecule has 1 unspecified atom stereocenters. The van der Waals surface area contributed by atoms with Crippen LogP contribution in [-0.2, 0) is 0 Å². The molecule has 0 saturated carbocycles. The first-order valence-electron chi connectivity index (χ1n) is 6.90. The molecule has 0 amide bonds. The van der Waals surface area contributed by atoms with Crippen LogP contribution < -0.4 is 0 Å². The molecule has 0 spiro atoms. The summed E-state index contributed by atoms with van der Waals surface area (Å²) in [7, 11) is 0. The lowest BCUT2D eigenvalue weighted by molar-refractivity contribution is 0.414. The number of unbranched alkanes of at least 4 members (excludes halogenated alkanes) is 1. The van der Waals surface area contributed by atoms with Gasteiger partial charge in [0.15, 0.2) is 0 Å². The van der Waals surface area contributed by atoms with Crippen LogP contribution >= 0.6 is 22.6 Å². The second kappa shape index (κ2) is 13.0. The highest BCUT2D eigenvalue weighted by molar-refractivity contribution is 14.1. The summed E-state index contributed by atoms with van der Waals surface area (Å²) < 4.78 is 1.97. The third kappa shape index (κ3) is 8.97. The van der Waals surface area contributed by atoms with Crippen LogP contribution in [0.1, 0.15) is 32.6 Å². The molecule has 0 bridgehead atoms. The van der Waals surface area contributed by atoms with E-state index in [1.165, 1.54) is 0 Å². The predicted molar refractivity (Wildman–Crippen MR) is 99.1 cm³/mol. The van der Waals surface area contributed by atoms with Gasteiger partial charge in [-0.25, -0.2) is 0 Å². The van der Waals surface area contributed by atoms with E-state index in [1.54, 1.807) is 0 Å². The van der Waals surface area contributed by atoms with Crippen molar-refractivity contribution in [2.24, 2.45) is 5.92 Å². The molecule has 0 heterocycles. The minimum Gasteiger partial charge on any atom is -0.508 e. The normalized spacial score (nSPS) is 18.2. The average Bonchev–Trinajstić information content (AvgIpc) is 2.47. The van der Waals surface area contributed by atoms with Crippen LogP contribution in [0.4, 0.5) is 0 Å². The van der Waals surface area contributed by atoms with Crippen LogP contribution in [0.3, 0.4) is 0 Å². The number of hydrogen-bond donors (Lipinski definition) is 1. The molecule has 0 radical (unpaired) electrons. The monoisotopic (exact) mass is 384 g/mol. The molecule has 20 heavy (non-hydrogen) atoms. The maximum Gasteiger partial charge on any atom is 0.118 e. The Kier molecular flexibility index (Phi) is 12.3. The van der Waals surface area contributed by atoms with Crippen LogP contribution in [0, 0.1) is 5.92 Å². The first kappa shape index (κ1) is 19.0. The van der Waals surface area contributed by atoms with Gasteiger partial charge in [0, 0.05) is 5.57 Å². The first-order valence-corrected chi connectivity index (χ1v) is 8.15. The molecule has 0 saturated heterocycles. The van der Waals surface area contributed by atoms with Gasteiger partial charge in [-0.15, -0.1) is 13.2 Å². The van der Waals surface area contributed by atoms with Crippen LogP contribution in [0.15, 0.2) is 71.1 Å². The van der Waals surface area contributed by atoms with E-state index in [4.69, 9.17) is 0 Å². The molecule has 110 valence electrons. The number of aliphatic hydroxyl groups is 1. The third-order valence-corrected chi connectivity index (χ3v) is 3.47. The van der Waals surface area contributed by atoms with Crippen molar-refractivity contribution in [3.63, 3.8) is 0 Å². The van der Waals surface area contributed by atoms with Crippen LogP contribution in [0.2, 0.25) is 0 Å². The van der Waals surface area contributed by atoms with Gasteiger partial charge in [-0.1, -0.05) is 59.0 Å².